The van der Waals surface area contributed by atoms with Crippen LogP contribution in [0, 0.1) is 6.92 Å². The highest BCUT2D eigenvalue weighted by molar-refractivity contribution is 9.10. The van der Waals surface area contributed by atoms with E-state index in [9.17, 15) is 4.79 Å². The predicted octanol–water partition coefficient (Wildman–Crippen LogP) is 4.04. The van der Waals surface area contributed by atoms with Gasteiger partial charge in [-0.05, 0) is 42.8 Å². The second kappa shape index (κ2) is 7.37. The number of methoxy groups -OCH3 is 3. The molecular formula is C17H18BrNO4. The zero-order valence-corrected chi connectivity index (χ0v) is 15.0. The first-order valence-corrected chi connectivity index (χ1v) is 7.67. The number of benzene rings is 2. The number of aryl methyl sites for hydroxylation is 1. The van der Waals surface area contributed by atoms with E-state index < -0.39 is 0 Å². The van der Waals surface area contributed by atoms with Crippen LogP contribution in [0.3, 0.4) is 0 Å². The van der Waals surface area contributed by atoms with E-state index in [1.54, 1.807) is 12.1 Å². The molecule has 0 aliphatic heterocycles. The lowest BCUT2D eigenvalue weighted by Gasteiger charge is -2.15. The highest BCUT2D eigenvalue weighted by Gasteiger charge is 2.20. The van der Waals surface area contributed by atoms with E-state index >= 15 is 0 Å². The van der Waals surface area contributed by atoms with Crippen molar-refractivity contribution in [2.45, 2.75) is 6.92 Å². The van der Waals surface area contributed by atoms with E-state index in [2.05, 4.69) is 21.2 Å². The van der Waals surface area contributed by atoms with Crippen LogP contribution >= 0.6 is 15.9 Å². The average Bonchev–Trinajstić information content (AvgIpc) is 2.56. The summed E-state index contributed by atoms with van der Waals surface area (Å²) < 4.78 is 16.8. The molecule has 0 saturated heterocycles. The predicted molar refractivity (Wildman–Crippen MR) is 92.9 cm³/mol. The minimum absolute atomic E-state index is 0.287. The van der Waals surface area contributed by atoms with Gasteiger partial charge in [0.25, 0.3) is 5.91 Å². The van der Waals surface area contributed by atoms with E-state index in [0.717, 1.165) is 10.0 Å². The largest absolute Gasteiger partial charge is 0.493 e. The Morgan fingerprint density at radius 2 is 1.70 bits per heavy atom. The molecule has 0 bridgehead atoms. The van der Waals surface area contributed by atoms with Crippen LogP contribution < -0.4 is 19.5 Å². The van der Waals surface area contributed by atoms with Gasteiger partial charge in [-0.1, -0.05) is 15.9 Å². The fourth-order valence-electron chi connectivity index (χ4n) is 2.20. The minimum Gasteiger partial charge on any atom is -0.493 e. The second-order valence-corrected chi connectivity index (χ2v) is 5.65. The van der Waals surface area contributed by atoms with Crippen LogP contribution in [0.4, 0.5) is 5.69 Å². The van der Waals surface area contributed by atoms with Gasteiger partial charge >= 0.3 is 0 Å². The quantitative estimate of drug-likeness (QED) is 0.851. The van der Waals surface area contributed by atoms with Gasteiger partial charge in [0.05, 0.1) is 26.9 Å². The van der Waals surface area contributed by atoms with E-state index in [-0.39, 0.29) is 5.91 Å². The summed E-state index contributed by atoms with van der Waals surface area (Å²) in [6.45, 7) is 1.96. The molecule has 0 unspecified atom stereocenters. The third kappa shape index (κ3) is 3.59. The molecule has 0 fully saturated rings. The summed E-state index contributed by atoms with van der Waals surface area (Å²) in [6, 6.07) is 8.90. The number of carbonyl (C=O) groups excluding carboxylic acids is 1. The number of nitrogens with one attached hydrogen (secondary N) is 1. The zero-order valence-electron chi connectivity index (χ0n) is 13.4. The third-order valence-electron chi connectivity index (χ3n) is 3.36. The molecule has 1 N–H and O–H groups in total. The van der Waals surface area contributed by atoms with Crippen LogP contribution in [0.2, 0.25) is 0 Å². The molecule has 5 nitrogen and oxygen atoms in total. The van der Waals surface area contributed by atoms with Crippen LogP contribution in [0.1, 0.15) is 15.9 Å². The van der Waals surface area contributed by atoms with Crippen LogP contribution in [0.25, 0.3) is 0 Å². The van der Waals surface area contributed by atoms with Crippen molar-refractivity contribution in [1.29, 1.82) is 0 Å². The van der Waals surface area contributed by atoms with Crippen LogP contribution in [0.15, 0.2) is 34.8 Å². The van der Waals surface area contributed by atoms with Crippen molar-refractivity contribution in [2.75, 3.05) is 26.6 Å². The maximum Gasteiger partial charge on any atom is 0.259 e. The Morgan fingerprint density at radius 3 is 2.26 bits per heavy atom. The number of amides is 1. The summed E-state index contributed by atoms with van der Waals surface area (Å²) in [5.41, 5.74) is 2.10. The van der Waals surface area contributed by atoms with Crippen LogP contribution in [-0.4, -0.2) is 27.2 Å². The van der Waals surface area contributed by atoms with E-state index in [1.165, 1.54) is 21.3 Å². The molecule has 1 amide bonds. The molecule has 6 heteroatoms. The van der Waals surface area contributed by atoms with Gasteiger partial charge in [-0.3, -0.25) is 4.79 Å². The monoisotopic (exact) mass is 379 g/mol. The number of rotatable bonds is 5. The van der Waals surface area contributed by atoms with E-state index in [0.29, 0.717) is 28.5 Å². The first-order chi connectivity index (χ1) is 11.0. The molecule has 0 atom stereocenters. The van der Waals surface area contributed by atoms with Crippen molar-refractivity contribution in [2.24, 2.45) is 0 Å². The van der Waals surface area contributed by atoms with Gasteiger partial charge < -0.3 is 19.5 Å². The van der Waals surface area contributed by atoms with Crippen molar-refractivity contribution in [1.82, 2.24) is 0 Å². The Hall–Kier alpha value is -2.21. The smallest absolute Gasteiger partial charge is 0.259 e. The SMILES string of the molecule is COc1ccc(C(=O)Nc2ccc(Br)c(C)c2)c(OC)c1OC. The molecule has 0 aliphatic carbocycles. The maximum atomic E-state index is 12.6. The Labute approximate surface area is 143 Å². The number of hydrogen-bond acceptors (Lipinski definition) is 4. The summed E-state index contributed by atoms with van der Waals surface area (Å²) in [5.74, 6) is 0.928. The summed E-state index contributed by atoms with van der Waals surface area (Å²) >= 11 is 3.43. The summed E-state index contributed by atoms with van der Waals surface area (Å²) in [5, 5.41) is 2.85. The van der Waals surface area contributed by atoms with Gasteiger partial charge in [0.2, 0.25) is 5.75 Å². The molecule has 2 aromatic rings. The Morgan fingerprint density at radius 1 is 1.00 bits per heavy atom. The van der Waals surface area contributed by atoms with E-state index in [1.807, 2.05) is 25.1 Å². The van der Waals surface area contributed by atoms with Crippen LogP contribution in [-0.2, 0) is 0 Å². The van der Waals surface area contributed by atoms with E-state index in [4.69, 9.17) is 14.2 Å². The lowest BCUT2D eigenvalue weighted by Crippen LogP contribution is -2.14. The third-order valence-corrected chi connectivity index (χ3v) is 4.25. The molecule has 2 aromatic carbocycles. The normalized spacial score (nSPS) is 10.1. The van der Waals surface area contributed by atoms with Crippen LogP contribution in [0.5, 0.6) is 17.2 Å². The molecule has 23 heavy (non-hydrogen) atoms. The summed E-state index contributed by atoms with van der Waals surface area (Å²) in [4.78, 5) is 12.6. The highest BCUT2D eigenvalue weighted by Crippen LogP contribution is 2.40. The standard InChI is InChI=1S/C17H18BrNO4/c1-10-9-11(5-7-13(10)18)19-17(20)12-6-8-14(21-2)16(23-4)15(12)22-3/h5-9H,1-4H3,(H,19,20). The molecular weight excluding hydrogens is 362 g/mol. The van der Waals surface area contributed by atoms with Gasteiger partial charge in [0, 0.05) is 10.2 Å². The molecule has 0 spiro atoms. The number of ether oxygens (including phenoxy) is 3. The molecule has 0 aromatic heterocycles. The van der Waals surface area contributed by atoms with Crippen molar-refractivity contribution in [3.63, 3.8) is 0 Å². The molecule has 0 aliphatic rings. The Bertz CT molecular complexity index is 731. The summed E-state index contributed by atoms with van der Waals surface area (Å²) in [7, 11) is 4.51. The topological polar surface area (TPSA) is 56.8 Å². The zero-order chi connectivity index (χ0) is 17.0. The number of carbonyl (C=O) groups is 1. The van der Waals surface area contributed by atoms with Crippen molar-refractivity contribution in [3.05, 3.63) is 45.9 Å². The number of hydrogen-bond donors (Lipinski definition) is 1. The second-order valence-electron chi connectivity index (χ2n) is 4.80. The first kappa shape index (κ1) is 17.1. The Kier molecular flexibility index (Phi) is 5.50. The average molecular weight is 380 g/mol. The minimum atomic E-state index is -0.287. The fourth-order valence-corrected chi connectivity index (χ4v) is 2.45. The molecule has 2 rings (SSSR count). The van der Waals surface area contributed by atoms with Gasteiger partial charge in [-0.25, -0.2) is 0 Å². The highest BCUT2D eigenvalue weighted by atomic mass is 79.9. The molecule has 0 heterocycles. The lowest BCUT2D eigenvalue weighted by atomic mass is 10.1. The maximum absolute atomic E-state index is 12.6. The first-order valence-electron chi connectivity index (χ1n) is 6.88. The fraction of sp³-hybridized carbons (Fsp3) is 0.235. The van der Waals surface area contributed by atoms with Crippen molar-refractivity contribution >= 4 is 27.5 Å². The molecule has 0 saturated carbocycles. The molecule has 122 valence electrons. The number of anilines is 1. The lowest BCUT2D eigenvalue weighted by molar-refractivity contribution is 0.102. The van der Waals surface area contributed by atoms with Crippen molar-refractivity contribution < 1.29 is 19.0 Å². The number of halogens is 1. The van der Waals surface area contributed by atoms with Gasteiger partial charge in [0.1, 0.15) is 0 Å². The Balaban J connectivity index is 2.37. The van der Waals surface area contributed by atoms with Gasteiger partial charge in [-0.2, -0.15) is 0 Å². The van der Waals surface area contributed by atoms with Gasteiger partial charge in [-0.15, -0.1) is 0 Å². The van der Waals surface area contributed by atoms with Crippen molar-refractivity contribution in [3.8, 4) is 17.2 Å². The molecule has 0 radical (unpaired) electrons. The summed E-state index contributed by atoms with van der Waals surface area (Å²) in [6.07, 6.45) is 0. The van der Waals surface area contributed by atoms with Gasteiger partial charge in [0.15, 0.2) is 11.5 Å².